The molecule has 18 heavy (non-hydrogen) atoms. The van der Waals surface area contributed by atoms with Crippen LogP contribution < -0.4 is 11.1 Å². The molecule has 0 radical (unpaired) electrons. The fraction of sp³-hybridized carbons (Fsp3) is 0.462. The molecule has 1 aliphatic carbocycles. The average molecular weight is 247 g/mol. The Bertz CT molecular complexity index is 591. The van der Waals surface area contributed by atoms with E-state index >= 15 is 0 Å². The van der Waals surface area contributed by atoms with E-state index in [1.165, 1.54) is 0 Å². The Labute approximate surface area is 105 Å². The van der Waals surface area contributed by atoms with Gasteiger partial charge in [0.2, 0.25) is 0 Å². The number of hydrogen-bond donors (Lipinski definition) is 3. The Balaban J connectivity index is 1.84. The molecule has 5 heteroatoms. The van der Waals surface area contributed by atoms with Crippen molar-refractivity contribution in [3.05, 3.63) is 18.2 Å². The van der Waals surface area contributed by atoms with Crippen LogP contribution in [0.15, 0.2) is 22.6 Å². The summed E-state index contributed by atoms with van der Waals surface area (Å²) < 4.78 is 5.60. The minimum absolute atomic E-state index is 0.153. The first kappa shape index (κ1) is 11.3. The summed E-state index contributed by atoms with van der Waals surface area (Å²) in [6, 6.07) is 6.05. The highest BCUT2D eigenvalue weighted by Gasteiger charge is 2.47. The van der Waals surface area contributed by atoms with Gasteiger partial charge in [0.25, 0.3) is 6.01 Å². The summed E-state index contributed by atoms with van der Waals surface area (Å²) in [4.78, 5) is 4.35. The van der Waals surface area contributed by atoms with Gasteiger partial charge in [0.05, 0.1) is 6.10 Å². The molecule has 0 spiro atoms. The van der Waals surface area contributed by atoms with Crippen LogP contribution in [-0.2, 0) is 0 Å². The number of nitrogen functional groups attached to an aromatic ring is 1. The predicted molar refractivity (Wildman–Crippen MR) is 70.2 cm³/mol. The molecule has 2 atom stereocenters. The summed E-state index contributed by atoms with van der Waals surface area (Å²) in [5.74, 6) is 0. The molecule has 1 saturated carbocycles. The van der Waals surface area contributed by atoms with E-state index in [0.29, 0.717) is 23.7 Å². The van der Waals surface area contributed by atoms with Crippen molar-refractivity contribution in [1.82, 2.24) is 4.98 Å². The summed E-state index contributed by atoms with van der Waals surface area (Å²) in [7, 11) is 0. The molecule has 1 aliphatic rings. The van der Waals surface area contributed by atoms with Gasteiger partial charge >= 0.3 is 0 Å². The lowest BCUT2D eigenvalue weighted by Gasteiger charge is -2.49. The summed E-state index contributed by atoms with van der Waals surface area (Å²) in [6.45, 7) is 4.05. The quantitative estimate of drug-likeness (QED) is 0.707. The van der Waals surface area contributed by atoms with E-state index in [4.69, 9.17) is 10.2 Å². The van der Waals surface area contributed by atoms with Gasteiger partial charge in [0, 0.05) is 23.2 Å². The molecule has 1 aromatic heterocycles. The number of rotatable bonds is 2. The maximum Gasteiger partial charge on any atom is 0.295 e. The molecule has 1 heterocycles. The number of nitrogens with zero attached hydrogens (tertiary/aromatic N) is 1. The predicted octanol–water partition coefficient (Wildman–Crippen LogP) is 1.98. The molecule has 1 aromatic carbocycles. The summed E-state index contributed by atoms with van der Waals surface area (Å²) >= 11 is 0. The third kappa shape index (κ3) is 1.62. The molecule has 4 N–H and O–H groups in total. The first-order valence-corrected chi connectivity index (χ1v) is 6.07. The first-order valence-electron chi connectivity index (χ1n) is 6.07. The largest absolute Gasteiger partial charge is 0.423 e. The lowest BCUT2D eigenvalue weighted by atomic mass is 9.65. The highest BCUT2D eigenvalue weighted by atomic mass is 16.4. The van der Waals surface area contributed by atoms with E-state index in [2.05, 4.69) is 10.3 Å². The molecule has 3 rings (SSSR count). The van der Waals surface area contributed by atoms with Crippen molar-refractivity contribution in [1.29, 1.82) is 0 Å². The first-order chi connectivity index (χ1) is 8.46. The number of nitrogens with two attached hydrogens (primary N) is 1. The average Bonchev–Trinajstić information content (AvgIpc) is 2.70. The number of benzene rings is 1. The number of aliphatic hydroxyl groups is 1. The zero-order chi connectivity index (χ0) is 12.9. The van der Waals surface area contributed by atoms with Crippen LogP contribution in [0.4, 0.5) is 11.7 Å². The number of hydrogen-bond acceptors (Lipinski definition) is 5. The van der Waals surface area contributed by atoms with Crippen LogP contribution in [0.1, 0.15) is 20.3 Å². The van der Waals surface area contributed by atoms with Crippen LogP contribution in [0.2, 0.25) is 0 Å². The van der Waals surface area contributed by atoms with Crippen LogP contribution in [0, 0.1) is 5.41 Å². The van der Waals surface area contributed by atoms with Crippen molar-refractivity contribution in [2.45, 2.75) is 32.4 Å². The van der Waals surface area contributed by atoms with E-state index in [-0.39, 0.29) is 17.6 Å². The van der Waals surface area contributed by atoms with E-state index in [0.717, 1.165) is 5.52 Å². The molecule has 2 unspecified atom stereocenters. The van der Waals surface area contributed by atoms with Crippen LogP contribution in [0.3, 0.4) is 0 Å². The molecule has 0 saturated heterocycles. The maximum atomic E-state index is 9.69. The SMILES string of the molecule is CC1(C)C(O)CC1Nc1nc2ccc(N)cc2o1. The second-order valence-corrected chi connectivity index (χ2v) is 5.52. The fourth-order valence-electron chi connectivity index (χ4n) is 2.30. The van der Waals surface area contributed by atoms with Crippen molar-refractivity contribution in [3.63, 3.8) is 0 Å². The minimum atomic E-state index is -0.268. The molecule has 0 bridgehead atoms. The molecule has 0 aliphatic heterocycles. The highest BCUT2D eigenvalue weighted by Crippen LogP contribution is 2.42. The monoisotopic (exact) mass is 247 g/mol. The highest BCUT2D eigenvalue weighted by molar-refractivity contribution is 5.78. The Hall–Kier alpha value is -1.75. The van der Waals surface area contributed by atoms with Gasteiger partial charge in [0.15, 0.2) is 5.58 Å². The number of nitrogens with one attached hydrogen (secondary N) is 1. The summed E-state index contributed by atoms with van der Waals surface area (Å²) in [5, 5.41) is 12.9. The second kappa shape index (κ2) is 3.62. The molecule has 1 fully saturated rings. The van der Waals surface area contributed by atoms with E-state index in [1.807, 2.05) is 19.9 Å². The van der Waals surface area contributed by atoms with E-state index < -0.39 is 0 Å². The third-order valence-electron chi connectivity index (χ3n) is 3.93. The molecule has 96 valence electrons. The molecular formula is C13H17N3O2. The number of aliphatic hydroxyl groups excluding tert-OH is 1. The maximum absolute atomic E-state index is 9.69. The second-order valence-electron chi connectivity index (χ2n) is 5.52. The van der Waals surface area contributed by atoms with Gasteiger partial charge in [-0.15, -0.1) is 0 Å². The van der Waals surface area contributed by atoms with Gasteiger partial charge < -0.3 is 20.6 Å². The number of anilines is 2. The Morgan fingerprint density at radius 1 is 1.50 bits per heavy atom. The van der Waals surface area contributed by atoms with Gasteiger partial charge in [-0.3, -0.25) is 0 Å². The summed E-state index contributed by atoms with van der Waals surface area (Å²) in [5.41, 5.74) is 7.65. The summed E-state index contributed by atoms with van der Waals surface area (Å²) in [6.07, 6.45) is 0.448. The van der Waals surface area contributed by atoms with Gasteiger partial charge in [-0.1, -0.05) is 13.8 Å². The van der Waals surface area contributed by atoms with Crippen molar-refractivity contribution < 1.29 is 9.52 Å². The smallest absolute Gasteiger partial charge is 0.295 e. The van der Waals surface area contributed by atoms with Gasteiger partial charge in [0.1, 0.15) is 5.52 Å². The zero-order valence-corrected chi connectivity index (χ0v) is 10.5. The minimum Gasteiger partial charge on any atom is -0.423 e. The molecule has 2 aromatic rings. The van der Waals surface area contributed by atoms with Gasteiger partial charge in [-0.25, -0.2) is 0 Å². The van der Waals surface area contributed by atoms with Crippen LogP contribution in [0.25, 0.3) is 11.1 Å². The Morgan fingerprint density at radius 3 is 2.94 bits per heavy atom. The van der Waals surface area contributed by atoms with E-state index in [1.54, 1.807) is 12.1 Å². The number of fused-ring (bicyclic) bond motifs is 1. The van der Waals surface area contributed by atoms with E-state index in [9.17, 15) is 5.11 Å². The fourth-order valence-corrected chi connectivity index (χ4v) is 2.30. The zero-order valence-electron chi connectivity index (χ0n) is 10.5. The number of oxazole rings is 1. The van der Waals surface area contributed by atoms with Crippen molar-refractivity contribution in [2.24, 2.45) is 5.41 Å². The topological polar surface area (TPSA) is 84.3 Å². The lowest BCUT2D eigenvalue weighted by Crippen LogP contribution is -2.56. The Morgan fingerprint density at radius 2 is 2.28 bits per heavy atom. The van der Waals surface area contributed by atoms with Crippen molar-refractivity contribution in [2.75, 3.05) is 11.1 Å². The van der Waals surface area contributed by atoms with Crippen LogP contribution in [-0.4, -0.2) is 22.2 Å². The van der Waals surface area contributed by atoms with Crippen molar-refractivity contribution in [3.8, 4) is 0 Å². The Kier molecular flexibility index (Phi) is 2.28. The standard InChI is InChI=1S/C13H17N3O2/c1-13(2)10(6-11(13)17)16-12-15-8-4-3-7(14)5-9(8)18-12/h3-5,10-11,17H,6,14H2,1-2H3,(H,15,16). The molecular weight excluding hydrogens is 230 g/mol. The van der Waals surface area contributed by atoms with Gasteiger partial charge in [-0.2, -0.15) is 4.98 Å². The van der Waals surface area contributed by atoms with Crippen molar-refractivity contribution >= 4 is 22.8 Å². The molecule has 5 nitrogen and oxygen atoms in total. The normalized spacial score (nSPS) is 25.9. The van der Waals surface area contributed by atoms with Crippen LogP contribution in [0.5, 0.6) is 0 Å². The number of aromatic nitrogens is 1. The lowest BCUT2D eigenvalue weighted by molar-refractivity contribution is -0.0516. The molecule has 0 amide bonds. The van der Waals surface area contributed by atoms with Gasteiger partial charge in [-0.05, 0) is 18.6 Å². The van der Waals surface area contributed by atoms with Crippen LogP contribution >= 0.6 is 0 Å². The third-order valence-corrected chi connectivity index (χ3v) is 3.93.